The summed E-state index contributed by atoms with van der Waals surface area (Å²) >= 11 is 0. The van der Waals surface area contributed by atoms with Crippen molar-refractivity contribution in [1.82, 2.24) is 14.5 Å². The van der Waals surface area contributed by atoms with Crippen LogP contribution in [0.2, 0.25) is 0 Å². The van der Waals surface area contributed by atoms with E-state index in [-0.39, 0.29) is 30.9 Å². The standard InChI is InChI=1S/C24H27N3O4/c1-2-30-24(29)18-9-8-14-26(15-18)23(28)16-27-21-13-7-6-12-20(21)25-22(27)17-31-19-10-4-3-5-11-19/h3-7,10-13,18H,2,8-9,14-17H2,1H3/t18-/m0/s1. The SMILES string of the molecule is CCOC(=O)[C@H]1CCCN(C(=O)Cn2c(COc3ccccc3)nc3ccccc32)C1. The van der Waals surface area contributed by atoms with E-state index in [1.807, 2.05) is 59.2 Å². The van der Waals surface area contributed by atoms with Gasteiger partial charge in [0.05, 0.1) is 23.6 Å². The van der Waals surface area contributed by atoms with Crippen molar-refractivity contribution in [2.24, 2.45) is 5.92 Å². The number of rotatable bonds is 7. The van der Waals surface area contributed by atoms with E-state index in [9.17, 15) is 9.59 Å². The van der Waals surface area contributed by atoms with Crippen LogP contribution in [0.1, 0.15) is 25.6 Å². The number of fused-ring (bicyclic) bond motifs is 1. The Hall–Kier alpha value is -3.35. The van der Waals surface area contributed by atoms with Crippen LogP contribution in [0.3, 0.4) is 0 Å². The molecule has 7 heteroatoms. The number of imidazole rings is 1. The van der Waals surface area contributed by atoms with E-state index in [4.69, 9.17) is 9.47 Å². The van der Waals surface area contributed by atoms with Gasteiger partial charge >= 0.3 is 5.97 Å². The van der Waals surface area contributed by atoms with E-state index in [1.54, 1.807) is 11.8 Å². The van der Waals surface area contributed by atoms with Crippen molar-refractivity contribution < 1.29 is 19.1 Å². The summed E-state index contributed by atoms with van der Waals surface area (Å²) in [6, 6.07) is 17.3. The third kappa shape index (κ3) is 4.87. The fraction of sp³-hybridized carbons (Fsp3) is 0.375. The Labute approximate surface area is 181 Å². The Morgan fingerprint density at radius 3 is 2.68 bits per heavy atom. The molecule has 0 aliphatic carbocycles. The van der Waals surface area contributed by atoms with Gasteiger partial charge in [0, 0.05) is 13.1 Å². The fourth-order valence-electron chi connectivity index (χ4n) is 3.97. The van der Waals surface area contributed by atoms with Gasteiger partial charge in [0.1, 0.15) is 24.7 Å². The molecular weight excluding hydrogens is 394 g/mol. The summed E-state index contributed by atoms with van der Waals surface area (Å²) in [7, 11) is 0. The summed E-state index contributed by atoms with van der Waals surface area (Å²) < 4.78 is 13.0. The molecule has 2 aromatic carbocycles. The maximum absolute atomic E-state index is 13.1. The Bertz CT molecular complexity index is 1050. The lowest BCUT2D eigenvalue weighted by Gasteiger charge is -2.31. The largest absolute Gasteiger partial charge is 0.486 e. The summed E-state index contributed by atoms with van der Waals surface area (Å²) in [6.45, 7) is 3.63. The van der Waals surface area contributed by atoms with E-state index < -0.39 is 0 Å². The number of hydrogen-bond donors (Lipinski definition) is 0. The van der Waals surface area contributed by atoms with Crippen LogP contribution in [-0.4, -0.2) is 46.0 Å². The van der Waals surface area contributed by atoms with Crippen LogP contribution in [0.15, 0.2) is 54.6 Å². The van der Waals surface area contributed by atoms with Crippen molar-refractivity contribution in [3.63, 3.8) is 0 Å². The number of piperidine rings is 1. The summed E-state index contributed by atoms with van der Waals surface area (Å²) in [4.78, 5) is 31.7. The number of hydrogen-bond acceptors (Lipinski definition) is 5. The minimum absolute atomic E-state index is 0.0295. The Morgan fingerprint density at radius 2 is 1.87 bits per heavy atom. The molecule has 162 valence electrons. The quantitative estimate of drug-likeness (QED) is 0.547. The lowest BCUT2D eigenvalue weighted by atomic mass is 9.98. The van der Waals surface area contributed by atoms with Gasteiger partial charge in [0.2, 0.25) is 5.91 Å². The van der Waals surface area contributed by atoms with Gasteiger partial charge in [-0.2, -0.15) is 0 Å². The molecule has 0 radical (unpaired) electrons. The van der Waals surface area contributed by atoms with E-state index in [1.165, 1.54) is 0 Å². The number of ether oxygens (including phenoxy) is 2. The van der Waals surface area contributed by atoms with Gasteiger partial charge in [-0.05, 0) is 44.0 Å². The summed E-state index contributed by atoms with van der Waals surface area (Å²) in [5.74, 6) is 0.944. The van der Waals surface area contributed by atoms with Crippen LogP contribution < -0.4 is 4.74 Å². The van der Waals surface area contributed by atoms with Gasteiger partial charge in [0.25, 0.3) is 0 Å². The first-order chi connectivity index (χ1) is 15.2. The number of esters is 1. The van der Waals surface area contributed by atoms with Gasteiger partial charge in [-0.3, -0.25) is 9.59 Å². The monoisotopic (exact) mass is 421 g/mol. The number of nitrogens with zero attached hydrogens (tertiary/aromatic N) is 3. The Morgan fingerprint density at radius 1 is 1.10 bits per heavy atom. The second-order valence-electron chi connectivity index (χ2n) is 7.64. The molecule has 1 aliphatic heterocycles. The van der Waals surface area contributed by atoms with Gasteiger partial charge in [0.15, 0.2) is 0 Å². The molecule has 1 atom stereocenters. The highest BCUT2D eigenvalue weighted by molar-refractivity contribution is 5.82. The van der Waals surface area contributed by atoms with Crippen LogP contribution in [0.5, 0.6) is 5.75 Å². The van der Waals surface area contributed by atoms with Crippen LogP contribution in [-0.2, 0) is 27.5 Å². The molecule has 0 bridgehead atoms. The number of carbonyl (C=O) groups is 2. The molecule has 7 nitrogen and oxygen atoms in total. The average molecular weight is 421 g/mol. The third-order valence-electron chi connectivity index (χ3n) is 5.53. The minimum atomic E-state index is -0.252. The zero-order valence-corrected chi connectivity index (χ0v) is 17.7. The van der Waals surface area contributed by atoms with Crippen LogP contribution in [0.25, 0.3) is 11.0 Å². The van der Waals surface area contributed by atoms with E-state index in [0.717, 1.165) is 29.6 Å². The van der Waals surface area contributed by atoms with Crippen molar-refractivity contribution in [2.45, 2.75) is 32.9 Å². The molecule has 4 rings (SSSR count). The first-order valence-electron chi connectivity index (χ1n) is 10.7. The van der Waals surface area contributed by atoms with Crippen molar-refractivity contribution in [3.8, 4) is 5.75 Å². The second kappa shape index (κ2) is 9.64. The maximum atomic E-state index is 13.1. The number of carbonyl (C=O) groups excluding carboxylic acids is 2. The molecule has 3 aromatic rings. The smallest absolute Gasteiger partial charge is 0.310 e. The maximum Gasteiger partial charge on any atom is 0.310 e. The zero-order valence-electron chi connectivity index (χ0n) is 17.7. The predicted molar refractivity (Wildman–Crippen MR) is 116 cm³/mol. The molecule has 0 spiro atoms. The lowest BCUT2D eigenvalue weighted by Crippen LogP contribution is -2.44. The first-order valence-corrected chi connectivity index (χ1v) is 10.7. The van der Waals surface area contributed by atoms with E-state index in [2.05, 4.69) is 4.98 Å². The summed E-state index contributed by atoms with van der Waals surface area (Å²) in [5, 5.41) is 0. The molecular formula is C24H27N3O4. The summed E-state index contributed by atoms with van der Waals surface area (Å²) in [6.07, 6.45) is 1.55. The normalized spacial score (nSPS) is 16.3. The van der Waals surface area contributed by atoms with E-state index >= 15 is 0 Å². The lowest BCUT2D eigenvalue weighted by molar-refractivity contribution is -0.151. The molecule has 0 saturated carbocycles. The number of likely N-dealkylation sites (tertiary alicyclic amines) is 1. The Kier molecular flexibility index (Phi) is 6.50. The highest BCUT2D eigenvalue weighted by Crippen LogP contribution is 2.21. The molecule has 1 fully saturated rings. The van der Waals surface area contributed by atoms with Gasteiger partial charge in [-0.25, -0.2) is 4.98 Å². The minimum Gasteiger partial charge on any atom is -0.486 e. The van der Waals surface area contributed by atoms with Crippen molar-refractivity contribution in [2.75, 3.05) is 19.7 Å². The van der Waals surface area contributed by atoms with Crippen LogP contribution >= 0.6 is 0 Å². The van der Waals surface area contributed by atoms with E-state index in [0.29, 0.717) is 25.5 Å². The zero-order chi connectivity index (χ0) is 21.6. The average Bonchev–Trinajstić information content (AvgIpc) is 3.16. The van der Waals surface area contributed by atoms with Crippen molar-refractivity contribution in [3.05, 3.63) is 60.4 Å². The first kappa shape index (κ1) is 20.9. The Balaban J connectivity index is 1.51. The molecule has 1 aromatic heterocycles. The number of benzene rings is 2. The highest BCUT2D eigenvalue weighted by atomic mass is 16.5. The van der Waals surface area contributed by atoms with Crippen molar-refractivity contribution in [1.29, 1.82) is 0 Å². The third-order valence-corrected chi connectivity index (χ3v) is 5.53. The summed E-state index contributed by atoms with van der Waals surface area (Å²) in [5.41, 5.74) is 1.71. The highest BCUT2D eigenvalue weighted by Gasteiger charge is 2.29. The van der Waals surface area contributed by atoms with Crippen LogP contribution in [0, 0.1) is 5.92 Å². The second-order valence-corrected chi connectivity index (χ2v) is 7.64. The van der Waals surface area contributed by atoms with Gasteiger partial charge in [-0.1, -0.05) is 30.3 Å². The molecule has 31 heavy (non-hydrogen) atoms. The molecule has 1 aliphatic rings. The molecule has 1 saturated heterocycles. The molecule has 0 unspecified atom stereocenters. The molecule has 1 amide bonds. The topological polar surface area (TPSA) is 73.7 Å². The predicted octanol–water partition coefficient (Wildman–Crippen LogP) is 3.42. The number of aromatic nitrogens is 2. The molecule has 2 heterocycles. The number of para-hydroxylation sites is 3. The molecule has 0 N–H and O–H groups in total. The fourth-order valence-corrected chi connectivity index (χ4v) is 3.97. The van der Waals surface area contributed by atoms with Crippen LogP contribution in [0.4, 0.5) is 0 Å². The van der Waals surface area contributed by atoms with Gasteiger partial charge in [-0.15, -0.1) is 0 Å². The number of amides is 1. The van der Waals surface area contributed by atoms with Crippen molar-refractivity contribution >= 4 is 22.9 Å². The van der Waals surface area contributed by atoms with Gasteiger partial charge < -0.3 is 18.9 Å².